The minimum absolute atomic E-state index is 0.313. The van der Waals surface area contributed by atoms with E-state index in [-0.39, 0.29) is 11.5 Å². The molecule has 0 radical (unpaired) electrons. The van der Waals surface area contributed by atoms with E-state index in [4.69, 9.17) is 9.47 Å². The second kappa shape index (κ2) is 8.59. The van der Waals surface area contributed by atoms with E-state index in [0.717, 1.165) is 6.08 Å². The number of carbonyl (C=O) groups is 2. The number of carbonyl (C=O) groups excluding carboxylic acids is 2. The van der Waals surface area contributed by atoms with Crippen LogP contribution in [0.15, 0.2) is 24.3 Å². The predicted molar refractivity (Wildman–Crippen MR) is 96.1 cm³/mol. The Morgan fingerprint density at radius 3 is 2.46 bits per heavy atom. The van der Waals surface area contributed by atoms with Gasteiger partial charge in [0.2, 0.25) is 0 Å². The van der Waals surface area contributed by atoms with E-state index in [1.807, 2.05) is 0 Å². The number of rotatable bonds is 5. The van der Waals surface area contributed by atoms with Crippen molar-refractivity contribution in [3.63, 3.8) is 0 Å². The molecule has 9 heteroatoms. The van der Waals surface area contributed by atoms with Crippen molar-refractivity contribution in [2.24, 2.45) is 0 Å². The molecule has 4 atom stereocenters. The zero-order chi connectivity index (χ0) is 21.1. The minimum atomic E-state index is -2.10. The quantitative estimate of drug-likeness (QED) is 0.267. The highest BCUT2D eigenvalue weighted by atomic mass is 16.6. The highest BCUT2D eigenvalue weighted by molar-refractivity contribution is 5.87. The lowest BCUT2D eigenvalue weighted by Crippen LogP contribution is -2.57. The molecule has 4 unspecified atom stereocenters. The third-order valence-electron chi connectivity index (χ3n) is 4.26. The largest absolute Gasteiger partial charge is 0.504 e. The summed E-state index contributed by atoms with van der Waals surface area (Å²) in [4.78, 5) is 24.2. The van der Waals surface area contributed by atoms with Crippen LogP contribution in [0, 0.1) is 0 Å². The van der Waals surface area contributed by atoms with Crippen molar-refractivity contribution in [2.75, 3.05) is 0 Å². The Hall–Kier alpha value is -2.62. The number of esters is 2. The van der Waals surface area contributed by atoms with E-state index in [2.05, 4.69) is 0 Å². The molecular formula is C19H24O9. The van der Waals surface area contributed by atoms with Crippen LogP contribution in [0.25, 0.3) is 6.08 Å². The summed E-state index contributed by atoms with van der Waals surface area (Å²) in [7, 11) is 0. The highest BCUT2D eigenvalue weighted by Crippen LogP contribution is 2.32. The van der Waals surface area contributed by atoms with E-state index in [0.29, 0.717) is 5.56 Å². The summed E-state index contributed by atoms with van der Waals surface area (Å²) in [5.74, 6) is -2.54. The van der Waals surface area contributed by atoms with Gasteiger partial charge in [0, 0.05) is 18.9 Å². The monoisotopic (exact) mass is 396 g/mol. The van der Waals surface area contributed by atoms with Gasteiger partial charge in [0.15, 0.2) is 17.1 Å². The summed E-state index contributed by atoms with van der Waals surface area (Å²) >= 11 is 0. The molecule has 5 N–H and O–H groups in total. The first-order chi connectivity index (χ1) is 13.0. The lowest BCUT2D eigenvalue weighted by Gasteiger charge is -2.40. The Morgan fingerprint density at radius 2 is 1.86 bits per heavy atom. The number of benzene rings is 1. The molecule has 0 amide bonds. The lowest BCUT2D eigenvalue weighted by molar-refractivity contribution is -0.202. The first-order valence-corrected chi connectivity index (χ1v) is 8.72. The van der Waals surface area contributed by atoms with E-state index in [1.165, 1.54) is 24.3 Å². The van der Waals surface area contributed by atoms with Gasteiger partial charge in [-0.3, -0.25) is 0 Å². The average molecular weight is 396 g/mol. The molecule has 28 heavy (non-hydrogen) atoms. The number of aliphatic hydroxyl groups is 3. The van der Waals surface area contributed by atoms with Crippen molar-refractivity contribution in [3.8, 4) is 11.5 Å². The molecule has 1 aliphatic rings. The highest BCUT2D eigenvalue weighted by Gasteiger charge is 2.51. The third kappa shape index (κ3) is 5.22. The Balaban J connectivity index is 2.07. The maximum atomic E-state index is 12.1. The fourth-order valence-corrected chi connectivity index (χ4v) is 2.85. The molecule has 2 rings (SSSR count). The molecule has 0 heterocycles. The zero-order valence-corrected chi connectivity index (χ0v) is 15.5. The van der Waals surface area contributed by atoms with Crippen LogP contribution in [0.3, 0.4) is 0 Å². The number of aliphatic hydroxyl groups excluding tert-OH is 2. The van der Waals surface area contributed by atoms with Gasteiger partial charge in [-0.05, 0) is 37.6 Å². The second-order valence-corrected chi connectivity index (χ2v) is 7.01. The predicted octanol–water partition coefficient (Wildman–Crippen LogP) is 0.221. The molecule has 1 aromatic carbocycles. The van der Waals surface area contributed by atoms with Gasteiger partial charge in [0.25, 0.3) is 0 Å². The van der Waals surface area contributed by atoms with Crippen LogP contribution >= 0.6 is 0 Å². The molecule has 1 aromatic rings. The van der Waals surface area contributed by atoms with E-state index >= 15 is 0 Å². The molecule has 0 saturated heterocycles. The van der Waals surface area contributed by atoms with E-state index in [9.17, 15) is 35.1 Å². The maximum absolute atomic E-state index is 12.1. The van der Waals surface area contributed by atoms with Crippen LogP contribution in [0.5, 0.6) is 11.5 Å². The number of phenols is 2. The van der Waals surface area contributed by atoms with Gasteiger partial charge in [-0.15, -0.1) is 0 Å². The topological polar surface area (TPSA) is 154 Å². The van der Waals surface area contributed by atoms with Crippen molar-refractivity contribution >= 4 is 18.0 Å². The second-order valence-electron chi connectivity index (χ2n) is 7.01. The molecule has 1 aliphatic carbocycles. The first kappa shape index (κ1) is 21.7. The Bertz CT molecular complexity index is 758. The van der Waals surface area contributed by atoms with Gasteiger partial charge in [-0.1, -0.05) is 6.07 Å². The Kier molecular flexibility index (Phi) is 6.65. The molecule has 1 fully saturated rings. The summed E-state index contributed by atoms with van der Waals surface area (Å²) < 4.78 is 10.1. The molecule has 0 aliphatic heterocycles. The average Bonchev–Trinajstić information content (AvgIpc) is 2.59. The number of ether oxygens (including phenoxy) is 2. The van der Waals surface area contributed by atoms with Crippen LogP contribution in [-0.4, -0.2) is 67.5 Å². The van der Waals surface area contributed by atoms with Crippen LogP contribution in [-0.2, 0) is 19.1 Å². The van der Waals surface area contributed by atoms with Crippen molar-refractivity contribution in [1.82, 2.24) is 0 Å². The van der Waals surface area contributed by atoms with Crippen LogP contribution in [0.2, 0.25) is 0 Å². The van der Waals surface area contributed by atoms with Gasteiger partial charge >= 0.3 is 11.9 Å². The SMILES string of the molecule is CC(C)OC(=O)C1(O)CC(O)C(O)C(OC(=O)/C=C/c2ccc(O)c(O)c2)C1. The molecule has 1 saturated carbocycles. The molecule has 0 bridgehead atoms. The maximum Gasteiger partial charge on any atom is 0.338 e. The summed E-state index contributed by atoms with van der Waals surface area (Å²) in [6.07, 6.45) is -3.38. The molecule has 9 nitrogen and oxygen atoms in total. The number of aromatic hydroxyl groups is 2. The van der Waals surface area contributed by atoms with E-state index < -0.39 is 54.8 Å². The van der Waals surface area contributed by atoms with Crippen molar-refractivity contribution in [3.05, 3.63) is 29.8 Å². The van der Waals surface area contributed by atoms with Crippen molar-refractivity contribution in [1.29, 1.82) is 0 Å². The normalized spacial score (nSPS) is 27.7. The number of hydrogen-bond acceptors (Lipinski definition) is 9. The molecular weight excluding hydrogens is 372 g/mol. The van der Waals surface area contributed by atoms with Crippen LogP contribution in [0.4, 0.5) is 0 Å². The molecule has 0 spiro atoms. The zero-order valence-electron chi connectivity index (χ0n) is 15.5. The van der Waals surface area contributed by atoms with Gasteiger partial charge in [-0.25, -0.2) is 9.59 Å². The standard InChI is InChI=1S/C19H24O9/c1-10(2)27-18(25)19(26)8-14(22)17(24)15(9-19)28-16(23)6-4-11-3-5-12(20)13(21)7-11/h3-7,10,14-15,17,20-22,24,26H,8-9H2,1-2H3/b6-4+. The third-order valence-corrected chi connectivity index (χ3v) is 4.26. The van der Waals surface area contributed by atoms with Crippen molar-refractivity contribution in [2.45, 2.75) is 56.7 Å². The molecule has 154 valence electrons. The number of phenolic OH excluding ortho intramolecular Hbond substituents is 2. The summed E-state index contributed by atoms with van der Waals surface area (Å²) in [6.45, 7) is 3.19. The lowest BCUT2D eigenvalue weighted by atomic mass is 9.79. The number of hydrogen-bond donors (Lipinski definition) is 5. The smallest absolute Gasteiger partial charge is 0.338 e. The fourth-order valence-electron chi connectivity index (χ4n) is 2.85. The van der Waals surface area contributed by atoms with Crippen LogP contribution < -0.4 is 0 Å². The van der Waals surface area contributed by atoms with Gasteiger partial charge in [-0.2, -0.15) is 0 Å². The van der Waals surface area contributed by atoms with Crippen molar-refractivity contribution < 1.29 is 44.6 Å². The van der Waals surface area contributed by atoms with Gasteiger partial charge in [0.1, 0.15) is 12.2 Å². The Labute approximate surface area is 161 Å². The van der Waals surface area contributed by atoms with Crippen LogP contribution in [0.1, 0.15) is 32.3 Å². The van der Waals surface area contributed by atoms with Gasteiger partial charge in [0.05, 0.1) is 12.2 Å². The van der Waals surface area contributed by atoms with Gasteiger partial charge < -0.3 is 35.0 Å². The molecule has 0 aromatic heterocycles. The Morgan fingerprint density at radius 1 is 1.18 bits per heavy atom. The first-order valence-electron chi connectivity index (χ1n) is 8.72. The minimum Gasteiger partial charge on any atom is -0.504 e. The summed E-state index contributed by atoms with van der Waals surface area (Å²) in [5.41, 5.74) is -1.70. The van der Waals surface area contributed by atoms with E-state index in [1.54, 1.807) is 13.8 Å². The summed E-state index contributed by atoms with van der Waals surface area (Å²) in [6, 6.07) is 3.90. The summed E-state index contributed by atoms with van der Waals surface area (Å²) in [5, 5.41) is 49.2. The fraction of sp³-hybridized carbons (Fsp3) is 0.474.